The topological polar surface area (TPSA) is 16.1 Å². The van der Waals surface area contributed by atoms with E-state index in [-0.39, 0.29) is 5.92 Å². The Morgan fingerprint density at radius 1 is 0.700 bits per heavy atom. The first-order valence-corrected chi connectivity index (χ1v) is 19.0. The van der Waals surface area contributed by atoms with E-state index >= 15 is 0 Å². The SMILES string of the molecule is C1=CC2C3=C(CC(C4C=C5C(=CC4)C4=C(C=CCC4)C5c4cc(-c5ccccc5)cc(C5=CCCC=C5)n4)C=C3)N(C3=CCCC=C3)C2C=C1. The Hall–Kier alpha value is -4.95. The molecule has 0 bridgehead atoms. The fourth-order valence-corrected chi connectivity index (χ4v) is 9.77. The smallest absolute Gasteiger partial charge is 0.0708 e. The van der Waals surface area contributed by atoms with Crippen molar-refractivity contribution < 1.29 is 0 Å². The van der Waals surface area contributed by atoms with Crippen molar-refractivity contribution in [3.05, 3.63) is 190 Å². The Balaban J connectivity index is 1.04. The average molecular weight is 649 g/mol. The molecule has 1 aromatic heterocycles. The Bertz CT molecular complexity index is 2130. The maximum absolute atomic E-state index is 5.52. The van der Waals surface area contributed by atoms with E-state index in [4.69, 9.17) is 4.98 Å². The lowest BCUT2D eigenvalue weighted by atomic mass is 9.75. The number of rotatable bonds is 5. The lowest BCUT2D eigenvalue weighted by Gasteiger charge is -2.35. The molecule has 2 heteroatoms. The van der Waals surface area contributed by atoms with Gasteiger partial charge in [-0.05, 0) is 126 Å². The number of hydrogen-bond acceptors (Lipinski definition) is 2. The molecule has 5 atom stereocenters. The third-order valence-corrected chi connectivity index (χ3v) is 12.1. The summed E-state index contributed by atoms with van der Waals surface area (Å²) in [6.07, 6.45) is 47.5. The molecule has 0 N–H and O–H groups in total. The van der Waals surface area contributed by atoms with Crippen molar-refractivity contribution in [2.45, 2.75) is 63.3 Å². The molecule has 2 heterocycles. The first-order valence-electron chi connectivity index (χ1n) is 19.0. The summed E-state index contributed by atoms with van der Waals surface area (Å²) in [5.41, 5.74) is 16.5. The van der Waals surface area contributed by atoms with Crippen LogP contribution in [0.4, 0.5) is 0 Å². The van der Waals surface area contributed by atoms with Crippen LogP contribution in [0.3, 0.4) is 0 Å². The van der Waals surface area contributed by atoms with Gasteiger partial charge < -0.3 is 4.90 Å². The molecular weight excluding hydrogens is 605 g/mol. The Labute approximate surface area is 297 Å². The number of benzene rings is 1. The Morgan fingerprint density at radius 3 is 2.42 bits per heavy atom. The summed E-state index contributed by atoms with van der Waals surface area (Å²) >= 11 is 0. The number of fused-ring (bicyclic) bond motifs is 4. The van der Waals surface area contributed by atoms with Crippen LogP contribution in [0.1, 0.15) is 68.7 Å². The van der Waals surface area contributed by atoms with Crippen LogP contribution < -0.4 is 0 Å². The van der Waals surface area contributed by atoms with Crippen LogP contribution in [0.15, 0.2) is 179 Å². The minimum absolute atomic E-state index is 0.159. The quantitative estimate of drug-likeness (QED) is 0.321. The lowest BCUT2D eigenvalue weighted by Crippen LogP contribution is -2.32. The second kappa shape index (κ2) is 12.4. The maximum Gasteiger partial charge on any atom is 0.0708 e. The molecule has 7 aliphatic carbocycles. The van der Waals surface area contributed by atoms with Crippen LogP contribution >= 0.6 is 0 Å². The first kappa shape index (κ1) is 29.9. The second-order valence-electron chi connectivity index (χ2n) is 15.0. The summed E-state index contributed by atoms with van der Waals surface area (Å²) < 4.78 is 0. The second-order valence-corrected chi connectivity index (χ2v) is 15.0. The summed E-state index contributed by atoms with van der Waals surface area (Å²) in [6, 6.07) is 16.0. The van der Waals surface area contributed by atoms with Crippen molar-refractivity contribution in [3.63, 3.8) is 0 Å². The molecule has 2 aromatic rings. The van der Waals surface area contributed by atoms with Crippen LogP contribution in [-0.4, -0.2) is 15.9 Å². The number of aromatic nitrogens is 1. The molecule has 0 spiro atoms. The molecule has 1 aliphatic heterocycles. The molecule has 246 valence electrons. The van der Waals surface area contributed by atoms with E-state index in [0.29, 0.717) is 23.8 Å². The highest BCUT2D eigenvalue weighted by Crippen LogP contribution is 2.55. The Morgan fingerprint density at radius 2 is 1.56 bits per heavy atom. The minimum atomic E-state index is 0.159. The van der Waals surface area contributed by atoms with E-state index < -0.39 is 0 Å². The summed E-state index contributed by atoms with van der Waals surface area (Å²) in [6.45, 7) is 0. The van der Waals surface area contributed by atoms with Crippen molar-refractivity contribution in [1.29, 1.82) is 0 Å². The zero-order valence-corrected chi connectivity index (χ0v) is 28.7. The average Bonchev–Trinajstić information content (AvgIpc) is 3.71. The predicted octanol–water partition coefficient (Wildman–Crippen LogP) is 11.6. The fraction of sp³-hybridized carbons (Fsp3) is 0.271. The van der Waals surface area contributed by atoms with Gasteiger partial charge in [0.25, 0.3) is 0 Å². The van der Waals surface area contributed by atoms with Gasteiger partial charge in [-0.25, -0.2) is 0 Å². The monoisotopic (exact) mass is 648 g/mol. The summed E-state index contributed by atoms with van der Waals surface area (Å²) in [5.74, 6) is 1.52. The van der Waals surface area contributed by atoms with Crippen LogP contribution in [0.5, 0.6) is 0 Å². The highest BCUT2D eigenvalue weighted by molar-refractivity contribution is 5.78. The summed E-state index contributed by atoms with van der Waals surface area (Å²) in [5, 5.41) is 0. The van der Waals surface area contributed by atoms with Gasteiger partial charge in [-0.2, -0.15) is 0 Å². The zero-order chi connectivity index (χ0) is 33.0. The van der Waals surface area contributed by atoms with Gasteiger partial charge in [0.15, 0.2) is 0 Å². The van der Waals surface area contributed by atoms with Gasteiger partial charge in [-0.3, -0.25) is 4.98 Å². The molecule has 0 saturated carbocycles. The third kappa shape index (κ3) is 5.03. The van der Waals surface area contributed by atoms with Crippen molar-refractivity contribution in [3.8, 4) is 11.1 Å². The molecule has 8 aliphatic rings. The van der Waals surface area contributed by atoms with Gasteiger partial charge in [-0.15, -0.1) is 0 Å². The van der Waals surface area contributed by atoms with E-state index in [2.05, 4.69) is 145 Å². The largest absolute Gasteiger partial charge is 0.337 e. The van der Waals surface area contributed by atoms with E-state index in [1.807, 2.05) is 0 Å². The molecule has 5 unspecified atom stereocenters. The predicted molar refractivity (Wildman–Crippen MR) is 207 cm³/mol. The molecular formula is C48H44N2. The van der Waals surface area contributed by atoms with Crippen LogP contribution in [-0.2, 0) is 0 Å². The minimum Gasteiger partial charge on any atom is -0.337 e. The standard InChI is InChI=1S/C48H44N2/c1-4-14-32(15-5-1)36-29-44(33-16-6-2-7-17-33)49-45(30-36)48-42-22-11-10-20-38(42)39-26-24-34(28-43(39)48)35-25-27-41-40-21-12-13-23-46(40)50(47(41)31-35)37-18-8-3-9-19-37/h1,4-6,8,11-19,21-23,25-30,34-35,40,46,48H,2-3,7,9-10,20,24,31H2. The van der Waals surface area contributed by atoms with E-state index in [9.17, 15) is 0 Å². The number of pyridine rings is 1. The van der Waals surface area contributed by atoms with Crippen molar-refractivity contribution in [1.82, 2.24) is 9.88 Å². The number of allylic oxidation sites excluding steroid dienone is 20. The fourth-order valence-electron chi connectivity index (χ4n) is 9.77. The molecule has 50 heavy (non-hydrogen) atoms. The first-order chi connectivity index (χ1) is 24.8. The normalized spacial score (nSPS) is 29.0. The van der Waals surface area contributed by atoms with Crippen molar-refractivity contribution in [2.24, 2.45) is 17.8 Å². The molecule has 10 rings (SSSR count). The number of hydrogen-bond donors (Lipinski definition) is 0. The van der Waals surface area contributed by atoms with Crippen LogP contribution in [0.2, 0.25) is 0 Å². The van der Waals surface area contributed by atoms with Gasteiger partial charge in [0.05, 0.1) is 23.3 Å². The maximum atomic E-state index is 5.52. The molecule has 0 amide bonds. The Kier molecular flexibility index (Phi) is 7.44. The van der Waals surface area contributed by atoms with E-state index in [0.717, 1.165) is 57.1 Å². The highest BCUT2D eigenvalue weighted by Gasteiger charge is 2.43. The molecule has 1 aromatic carbocycles. The van der Waals surface area contributed by atoms with Crippen LogP contribution in [0, 0.1) is 17.8 Å². The molecule has 2 nitrogen and oxygen atoms in total. The molecule has 0 saturated heterocycles. The van der Waals surface area contributed by atoms with Crippen LogP contribution in [0.25, 0.3) is 16.7 Å². The summed E-state index contributed by atoms with van der Waals surface area (Å²) in [4.78, 5) is 8.20. The molecule has 0 radical (unpaired) electrons. The van der Waals surface area contributed by atoms with Gasteiger partial charge >= 0.3 is 0 Å². The van der Waals surface area contributed by atoms with Crippen molar-refractivity contribution >= 4 is 5.57 Å². The number of nitrogens with zero attached hydrogens (tertiary/aromatic N) is 2. The van der Waals surface area contributed by atoms with Gasteiger partial charge in [0.1, 0.15) is 0 Å². The van der Waals surface area contributed by atoms with Gasteiger partial charge in [-0.1, -0.05) is 121 Å². The van der Waals surface area contributed by atoms with E-state index in [1.165, 1.54) is 56.1 Å². The third-order valence-electron chi connectivity index (χ3n) is 12.1. The molecule has 0 fully saturated rings. The summed E-state index contributed by atoms with van der Waals surface area (Å²) in [7, 11) is 0. The highest BCUT2D eigenvalue weighted by atomic mass is 15.2. The van der Waals surface area contributed by atoms with Gasteiger partial charge in [0, 0.05) is 17.3 Å². The van der Waals surface area contributed by atoms with Crippen molar-refractivity contribution in [2.75, 3.05) is 0 Å². The van der Waals surface area contributed by atoms with E-state index in [1.54, 1.807) is 5.57 Å². The zero-order valence-electron chi connectivity index (χ0n) is 28.7. The van der Waals surface area contributed by atoms with Gasteiger partial charge in [0.2, 0.25) is 0 Å². The lowest BCUT2D eigenvalue weighted by molar-refractivity contribution is 0.340.